The van der Waals surface area contributed by atoms with E-state index in [0.717, 1.165) is 31.3 Å². The van der Waals surface area contributed by atoms with Gasteiger partial charge in [-0.2, -0.15) is 0 Å². The number of rotatable bonds is 9. The van der Waals surface area contributed by atoms with E-state index in [2.05, 4.69) is 13.5 Å². The van der Waals surface area contributed by atoms with E-state index in [-0.39, 0.29) is 56.0 Å². The zero-order chi connectivity index (χ0) is 37.9. The van der Waals surface area contributed by atoms with Gasteiger partial charge in [-0.3, -0.25) is 9.59 Å². The molecule has 0 saturated carbocycles. The van der Waals surface area contributed by atoms with Gasteiger partial charge in [0, 0.05) is 37.2 Å². The van der Waals surface area contributed by atoms with E-state index < -0.39 is 66.4 Å². The highest BCUT2D eigenvalue weighted by Gasteiger charge is 2.57. The number of methoxy groups -OCH3 is 1. The summed E-state index contributed by atoms with van der Waals surface area (Å²) in [5.41, 5.74) is -0.0679. The minimum absolute atomic E-state index is 0.0110. The standard InChI is InChI=1S/C39H60O13/c1-6-7-8-9-10-11-33(42)51-37-26(19-34(43)46-5)18-31-23-32(24-40)49-35(44)21-27(41)20-29-16-25(2)17-30(48-29)22-28-13-15-47-36(50-28)12-14-38(3,4)39(37,45)52-31/h12,14,19,27-32,36-37,40-41,45H,2,6-11,13,15-18,20-24H2,1,3-5H3/b14-12+,26-19+/t27-,28+,29+,30-,31+,32-,36+,37+,39-/m1/s1. The van der Waals surface area contributed by atoms with Crippen molar-refractivity contribution in [2.24, 2.45) is 5.41 Å². The van der Waals surface area contributed by atoms with Crippen LogP contribution in [-0.4, -0.2) is 108 Å². The van der Waals surface area contributed by atoms with E-state index in [1.54, 1.807) is 26.0 Å². The van der Waals surface area contributed by atoms with Gasteiger partial charge in [0.05, 0.1) is 57.3 Å². The quantitative estimate of drug-likeness (QED) is 0.0993. The normalized spacial score (nSPS) is 35.9. The van der Waals surface area contributed by atoms with Crippen molar-refractivity contribution in [2.75, 3.05) is 20.3 Å². The largest absolute Gasteiger partial charge is 0.466 e. The van der Waals surface area contributed by atoms with Crippen molar-refractivity contribution in [2.45, 2.75) is 165 Å². The van der Waals surface area contributed by atoms with Crippen molar-refractivity contribution >= 4 is 17.9 Å². The number of hydrogen-bond donors (Lipinski definition) is 3. The average Bonchev–Trinajstić information content (AvgIpc) is 3.07. The monoisotopic (exact) mass is 736 g/mol. The Morgan fingerprint density at radius 1 is 1.00 bits per heavy atom. The number of carbonyl (C=O) groups is 3. The molecule has 52 heavy (non-hydrogen) atoms. The third kappa shape index (κ3) is 11.9. The lowest BCUT2D eigenvalue weighted by molar-refractivity contribution is -0.327. The Kier molecular flexibility index (Phi) is 15.9. The summed E-state index contributed by atoms with van der Waals surface area (Å²) >= 11 is 0. The summed E-state index contributed by atoms with van der Waals surface area (Å²) < 4.78 is 41.5. The van der Waals surface area contributed by atoms with Crippen LogP contribution in [0.4, 0.5) is 0 Å². The average molecular weight is 737 g/mol. The van der Waals surface area contributed by atoms with Gasteiger partial charge in [-0.05, 0) is 43.8 Å². The van der Waals surface area contributed by atoms with Gasteiger partial charge >= 0.3 is 17.9 Å². The maximum atomic E-state index is 13.3. The first-order chi connectivity index (χ1) is 24.7. The molecule has 3 N–H and O–H groups in total. The Bertz CT molecular complexity index is 1280. The molecule has 13 nitrogen and oxygen atoms in total. The van der Waals surface area contributed by atoms with Gasteiger partial charge in [-0.25, -0.2) is 4.79 Å². The molecule has 0 spiro atoms. The summed E-state index contributed by atoms with van der Waals surface area (Å²) in [6.45, 7) is 9.54. The van der Waals surface area contributed by atoms with Crippen LogP contribution >= 0.6 is 0 Å². The second-order valence-corrected chi connectivity index (χ2v) is 15.2. The zero-order valence-corrected chi connectivity index (χ0v) is 31.3. The van der Waals surface area contributed by atoms with Crippen molar-refractivity contribution in [3.8, 4) is 0 Å². The molecule has 9 atom stereocenters. The molecule has 3 saturated heterocycles. The molecule has 4 heterocycles. The fraction of sp³-hybridized carbons (Fsp3) is 0.769. The molecule has 4 aliphatic heterocycles. The number of esters is 3. The smallest absolute Gasteiger partial charge is 0.330 e. The fourth-order valence-electron chi connectivity index (χ4n) is 7.42. The van der Waals surface area contributed by atoms with Crippen LogP contribution in [0, 0.1) is 5.41 Å². The van der Waals surface area contributed by atoms with Crippen LogP contribution in [-0.2, 0) is 47.5 Å². The summed E-state index contributed by atoms with van der Waals surface area (Å²) in [6, 6.07) is 0. The first kappa shape index (κ1) is 42.1. The third-order valence-corrected chi connectivity index (χ3v) is 10.3. The Balaban J connectivity index is 1.69. The number of fused-ring (bicyclic) bond motifs is 6. The second-order valence-electron chi connectivity index (χ2n) is 15.2. The lowest BCUT2D eigenvalue weighted by Crippen LogP contribution is -2.62. The zero-order valence-electron chi connectivity index (χ0n) is 31.3. The topological polar surface area (TPSA) is 177 Å². The highest BCUT2D eigenvalue weighted by molar-refractivity contribution is 5.83. The lowest BCUT2D eigenvalue weighted by Gasteiger charge is -2.51. The number of carbonyl (C=O) groups excluding carboxylic acids is 3. The van der Waals surface area contributed by atoms with Gasteiger partial charge in [0.15, 0.2) is 12.4 Å². The van der Waals surface area contributed by atoms with Crippen LogP contribution in [0.1, 0.15) is 111 Å². The van der Waals surface area contributed by atoms with Crippen LogP contribution in [0.5, 0.6) is 0 Å². The van der Waals surface area contributed by atoms with Gasteiger partial charge in [0.25, 0.3) is 0 Å². The molecule has 0 amide bonds. The number of ether oxygens (including phenoxy) is 7. The van der Waals surface area contributed by atoms with Crippen LogP contribution in [0.15, 0.2) is 36.0 Å². The molecule has 13 heteroatoms. The van der Waals surface area contributed by atoms with Gasteiger partial charge in [0.2, 0.25) is 5.79 Å². The van der Waals surface area contributed by atoms with Crippen LogP contribution in [0.2, 0.25) is 0 Å². The first-order valence-corrected chi connectivity index (χ1v) is 18.9. The molecule has 0 aromatic carbocycles. The van der Waals surface area contributed by atoms with Crippen LogP contribution in [0.25, 0.3) is 0 Å². The second kappa shape index (κ2) is 19.6. The molecule has 294 valence electrons. The Labute approximate surface area is 307 Å². The molecule has 0 aromatic heterocycles. The SMILES string of the molecule is C=C1C[C@@H]2C[C@@H]3CCO[C@H](/C=C/C(C)(C)[C@]4(O)O[C@@H](C/C(=C\C(=O)OC)[C@@H]4OC(=O)CCCCCCC)C[C@H](CO)OC(=O)C[C@H](O)C[C@H](C1)O2)O3. The number of unbranched alkanes of at least 4 members (excludes halogenated alkanes) is 4. The van der Waals surface area contributed by atoms with E-state index in [0.29, 0.717) is 38.7 Å². The van der Waals surface area contributed by atoms with E-state index >= 15 is 0 Å². The summed E-state index contributed by atoms with van der Waals surface area (Å²) in [5.74, 6) is -4.26. The highest BCUT2D eigenvalue weighted by atomic mass is 16.7. The number of aliphatic hydroxyl groups is 3. The van der Waals surface area contributed by atoms with Crippen molar-refractivity contribution in [1.29, 1.82) is 0 Å². The number of cyclic esters (lactones) is 1. The predicted molar refractivity (Wildman–Crippen MR) is 188 cm³/mol. The van der Waals surface area contributed by atoms with E-state index in [4.69, 9.17) is 33.2 Å². The molecule has 0 aliphatic carbocycles. The van der Waals surface area contributed by atoms with Gasteiger partial charge in [-0.1, -0.05) is 64.7 Å². The molecule has 3 fully saturated rings. The van der Waals surface area contributed by atoms with Gasteiger partial charge in [0.1, 0.15) is 6.10 Å². The van der Waals surface area contributed by atoms with Crippen molar-refractivity contribution in [1.82, 2.24) is 0 Å². The van der Waals surface area contributed by atoms with Crippen LogP contribution < -0.4 is 0 Å². The summed E-state index contributed by atoms with van der Waals surface area (Å²) in [5, 5.41) is 33.7. The Hall–Kier alpha value is -2.65. The van der Waals surface area contributed by atoms with Crippen molar-refractivity contribution in [3.05, 3.63) is 36.0 Å². The molecular formula is C39H60O13. The maximum absolute atomic E-state index is 13.3. The molecule has 4 rings (SSSR count). The van der Waals surface area contributed by atoms with E-state index in [1.165, 1.54) is 13.2 Å². The fourth-order valence-corrected chi connectivity index (χ4v) is 7.42. The molecular weight excluding hydrogens is 676 g/mol. The lowest BCUT2D eigenvalue weighted by atomic mass is 9.74. The summed E-state index contributed by atoms with van der Waals surface area (Å²) in [4.78, 5) is 38.9. The highest BCUT2D eigenvalue weighted by Crippen LogP contribution is 2.47. The Morgan fingerprint density at radius 2 is 1.73 bits per heavy atom. The summed E-state index contributed by atoms with van der Waals surface area (Å²) in [6.07, 6.45) is 5.44. The maximum Gasteiger partial charge on any atom is 0.330 e. The predicted octanol–water partition coefficient (Wildman–Crippen LogP) is 4.49. The number of aliphatic hydroxyl groups excluding tert-OH is 2. The molecule has 0 radical (unpaired) electrons. The molecule has 0 unspecified atom stereocenters. The minimum atomic E-state index is -2.26. The van der Waals surface area contributed by atoms with E-state index in [9.17, 15) is 29.7 Å². The molecule has 6 bridgehead atoms. The first-order valence-electron chi connectivity index (χ1n) is 18.9. The van der Waals surface area contributed by atoms with Crippen molar-refractivity contribution in [3.63, 3.8) is 0 Å². The van der Waals surface area contributed by atoms with Crippen LogP contribution in [0.3, 0.4) is 0 Å². The van der Waals surface area contributed by atoms with Gasteiger partial charge < -0.3 is 48.5 Å². The molecule has 4 aliphatic rings. The number of hydrogen-bond acceptors (Lipinski definition) is 13. The van der Waals surface area contributed by atoms with E-state index in [1.807, 2.05) is 0 Å². The molecule has 0 aromatic rings. The third-order valence-electron chi connectivity index (χ3n) is 10.3. The minimum Gasteiger partial charge on any atom is -0.466 e. The summed E-state index contributed by atoms with van der Waals surface area (Å²) in [7, 11) is 1.22. The van der Waals surface area contributed by atoms with Crippen molar-refractivity contribution < 1.29 is 62.9 Å². The Morgan fingerprint density at radius 3 is 2.44 bits per heavy atom. The van der Waals surface area contributed by atoms with Gasteiger partial charge in [-0.15, -0.1) is 0 Å².